The first kappa shape index (κ1) is 13.9. The Bertz CT molecular complexity index is 641. The molecule has 0 saturated carbocycles. The fourth-order valence-corrected chi connectivity index (χ4v) is 3.06. The third kappa shape index (κ3) is 2.84. The molecule has 0 radical (unpaired) electrons. The molecule has 110 valence electrons. The fraction of sp³-hybridized carbons (Fsp3) is 0.412. The van der Waals surface area contributed by atoms with Crippen LogP contribution >= 0.6 is 0 Å². The van der Waals surface area contributed by atoms with Crippen LogP contribution in [0.2, 0.25) is 0 Å². The van der Waals surface area contributed by atoms with Gasteiger partial charge in [0.15, 0.2) is 0 Å². The largest absolute Gasteiger partial charge is 0.361 e. The Hall–Kier alpha value is -2.10. The Morgan fingerprint density at radius 1 is 1.38 bits per heavy atom. The van der Waals surface area contributed by atoms with E-state index >= 15 is 0 Å². The van der Waals surface area contributed by atoms with Gasteiger partial charge in [0.2, 0.25) is 5.91 Å². The Kier molecular flexibility index (Phi) is 3.78. The van der Waals surface area contributed by atoms with Crippen LogP contribution in [0.25, 0.3) is 0 Å². The number of amides is 1. The number of hydrogen-bond acceptors (Lipinski definition) is 3. The van der Waals surface area contributed by atoms with Crippen LogP contribution in [0.15, 0.2) is 28.8 Å². The molecule has 0 bridgehead atoms. The maximum Gasteiger partial charge on any atom is 0.225 e. The van der Waals surface area contributed by atoms with Crippen molar-refractivity contribution in [2.24, 2.45) is 0 Å². The summed E-state index contributed by atoms with van der Waals surface area (Å²) in [7, 11) is 0. The molecule has 0 unspecified atom stereocenters. The van der Waals surface area contributed by atoms with Crippen LogP contribution in [-0.2, 0) is 17.6 Å². The standard InChI is InChI=1S/C17H20N2O2/c1-11-15(12(2)21-19-11)10-17(20)18-16-9-5-7-13-6-3-4-8-14(13)16/h3-4,6,8,16H,5,7,9-10H2,1-2H3,(H,18,20)/t16-/m1/s1. The van der Waals surface area contributed by atoms with Gasteiger partial charge >= 0.3 is 0 Å². The predicted octanol–water partition coefficient (Wildman–Crippen LogP) is 3.03. The van der Waals surface area contributed by atoms with E-state index in [4.69, 9.17) is 4.52 Å². The monoisotopic (exact) mass is 284 g/mol. The molecule has 4 heteroatoms. The molecule has 4 nitrogen and oxygen atoms in total. The van der Waals surface area contributed by atoms with Gasteiger partial charge in [0.25, 0.3) is 0 Å². The smallest absolute Gasteiger partial charge is 0.225 e. The van der Waals surface area contributed by atoms with Crippen molar-refractivity contribution in [3.8, 4) is 0 Å². The van der Waals surface area contributed by atoms with E-state index in [0.717, 1.165) is 36.3 Å². The van der Waals surface area contributed by atoms with Gasteiger partial charge in [-0.2, -0.15) is 0 Å². The molecule has 1 N–H and O–H groups in total. The zero-order valence-electron chi connectivity index (χ0n) is 12.5. The molecular weight excluding hydrogens is 264 g/mol. The molecular formula is C17H20N2O2. The first-order valence-corrected chi connectivity index (χ1v) is 7.44. The van der Waals surface area contributed by atoms with Crippen molar-refractivity contribution in [1.29, 1.82) is 0 Å². The molecule has 1 amide bonds. The minimum absolute atomic E-state index is 0.0334. The van der Waals surface area contributed by atoms with Gasteiger partial charge in [-0.1, -0.05) is 29.4 Å². The first-order chi connectivity index (χ1) is 10.1. The van der Waals surface area contributed by atoms with E-state index in [0.29, 0.717) is 6.42 Å². The van der Waals surface area contributed by atoms with Crippen molar-refractivity contribution in [1.82, 2.24) is 10.5 Å². The number of fused-ring (bicyclic) bond motifs is 1. The summed E-state index contributed by atoms with van der Waals surface area (Å²) in [6.45, 7) is 3.72. The second-order valence-corrected chi connectivity index (χ2v) is 5.69. The van der Waals surface area contributed by atoms with E-state index in [2.05, 4.69) is 28.7 Å². The van der Waals surface area contributed by atoms with Crippen LogP contribution < -0.4 is 5.32 Å². The maximum absolute atomic E-state index is 12.3. The quantitative estimate of drug-likeness (QED) is 0.942. The molecule has 1 heterocycles. The van der Waals surface area contributed by atoms with Gasteiger partial charge in [0.1, 0.15) is 5.76 Å². The molecule has 0 spiro atoms. The van der Waals surface area contributed by atoms with Crippen LogP contribution in [0.5, 0.6) is 0 Å². The van der Waals surface area contributed by atoms with Crippen molar-refractivity contribution in [2.45, 2.75) is 45.6 Å². The number of nitrogens with zero attached hydrogens (tertiary/aromatic N) is 1. The third-order valence-electron chi connectivity index (χ3n) is 4.22. The highest BCUT2D eigenvalue weighted by Crippen LogP contribution is 2.29. The molecule has 1 aliphatic carbocycles. The Labute approximate surface area is 124 Å². The maximum atomic E-state index is 12.3. The summed E-state index contributed by atoms with van der Waals surface area (Å²) >= 11 is 0. The number of carbonyl (C=O) groups is 1. The highest BCUT2D eigenvalue weighted by atomic mass is 16.5. The van der Waals surface area contributed by atoms with Crippen molar-refractivity contribution in [2.75, 3.05) is 0 Å². The number of aryl methyl sites for hydroxylation is 3. The number of rotatable bonds is 3. The van der Waals surface area contributed by atoms with Crippen LogP contribution in [-0.4, -0.2) is 11.1 Å². The van der Waals surface area contributed by atoms with Crippen molar-refractivity contribution < 1.29 is 9.32 Å². The molecule has 3 rings (SSSR count). The number of aromatic nitrogens is 1. The van der Waals surface area contributed by atoms with E-state index in [1.54, 1.807) is 0 Å². The summed E-state index contributed by atoms with van der Waals surface area (Å²) in [5.41, 5.74) is 4.31. The fourth-order valence-electron chi connectivity index (χ4n) is 3.06. The highest BCUT2D eigenvalue weighted by Gasteiger charge is 2.22. The summed E-state index contributed by atoms with van der Waals surface area (Å²) in [6.07, 6.45) is 3.56. The van der Waals surface area contributed by atoms with Crippen LogP contribution in [0, 0.1) is 13.8 Å². The van der Waals surface area contributed by atoms with E-state index < -0.39 is 0 Å². The van der Waals surface area contributed by atoms with E-state index in [9.17, 15) is 4.79 Å². The Balaban J connectivity index is 1.72. The van der Waals surface area contributed by atoms with Gasteiger partial charge in [-0.3, -0.25) is 4.79 Å². The second-order valence-electron chi connectivity index (χ2n) is 5.69. The predicted molar refractivity (Wildman–Crippen MR) is 79.9 cm³/mol. The molecule has 1 aromatic carbocycles. The van der Waals surface area contributed by atoms with Gasteiger partial charge in [0, 0.05) is 5.56 Å². The average Bonchev–Trinajstić information content (AvgIpc) is 2.79. The zero-order valence-corrected chi connectivity index (χ0v) is 12.5. The number of hydrogen-bond donors (Lipinski definition) is 1. The lowest BCUT2D eigenvalue weighted by Crippen LogP contribution is -2.32. The van der Waals surface area contributed by atoms with Gasteiger partial charge in [-0.15, -0.1) is 0 Å². The minimum Gasteiger partial charge on any atom is -0.361 e. The van der Waals surface area contributed by atoms with E-state index in [-0.39, 0.29) is 11.9 Å². The summed E-state index contributed by atoms with van der Waals surface area (Å²) in [4.78, 5) is 12.3. The van der Waals surface area contributed by atoms with Crippen molar-refractivity contribution >= 4 is 5.91 Å². The SMILES string of the molecule is Cc1noc(C)c1CC(=O)N[C@@H]1CCCc2ccccc21. The van der Waals surface area contributed by atoms with Crippen LogP contribution in [0.3, 0.4) is 0 Å². The molecule has 21 heavy (non-hydrogen) atoms. The number of nitrogens with one attached hydrogen (secondary N) is 1. The first-order valence-electron chi connectivity index (χ1n) is 7.44. The minimum atomic E-state index is 0.0334. The summed E-state index contributed by atoms with van der Waals surface area (Å²) in [5.74, 6) is 0.762. The summed E-state index contributed by atoms with van der Waals surface area (Å²) < 4.78 is 5.11. The van der Waals surface area contributed by atoms with Gasteiger partial charge < -0.3 is 9.84 Å². The summed E-state index contributed by atoms with van der Waals surface area (Å²) in [5, 5.41) is 7.06. The van der Waals surface area contributed by atoms with Crippen LogP contribution in [0.1, 0.15) is 47.0 Å². The summed E-state index contributed by atoms with van der Waals surface area (Å²) in [6, 6.07) is 8.50. The molecule has 1 atom stereocenters. The van der Waals surface area contributed by atoms with Gasteiger partial charge in [-0.05, 0) is 44.2 Å². The molecule has 1 aromatic heterocycles. The average molecular weight is 284 g/mol. The zero-order chi connectivity index (χ0) is 14.8. The highest BCUT2D eigenvalue weighted by molar-refractivity contribution is 5.79. The number of carbonyl (C=O) groups excluding carboxylic acids is 1. The molecule has 0 fully saturated rings. The third-order valence-corrected chi connectivity index (χ3v) is 4.22. The lowest BCUT2D eigenvalue weighted by atomic mass is 9.87. The van der Waals surface area contributed by atoms with E-state index in [1.807, 2.05) is 19.9 Å². The Morgan fingerprint density at radius 3 is 2.95 bits per heavy atom. The normalized spacial score (nSPS) is 17.3. The topological polar surface area (TPSA) is 55.1 Å². The van der Waals surface area contributed by atoms with Crippen LogP contribution in [0.4, 0.5) is 0 Å². The lowest BCUT2D eigenvalue weighted by molar-refractivity contribution is -0.121. The van der Waals surface area contributed by atoms with E-state index in [1.165, 1.54) is 11.1 Å². The Morgan fingerprint density at radius 2 is 2.19 bits per heavy atom. The van der Waals surface area contributed by atoms with Gasteiger partial charge in [-0.25, -0.2) is 0 Å². The molecule has 0 saturated heterocycles. The van der Waals surface area contributed by atoms with Crippen molar-refractivity contribution in [3.63, 3.8) is 0 Å². The molecule has 0 aliphatic heterocycles. The van der Waals surface area contributed by atoms with Crippen molar-refractivity contribution in [3.05, 3.63) is 52.4 Å². The van der Waals surface area contributed by atoms with Gasteiger partial charge in [0.05, 0.1) is 18.2 Å². The molecule has 2 aromatic rings. The molecule has 1 aliphatic rings. The number of benzene rings is 1. The second kappa shape index (κ2) is 5.72. The lowest BCUT2D eigenvalue weighted by Gasteiger charge is -2.26.